The first kappa shape index (κ1) is 14.2. The van der Waals surface area contributed by atoms with E-state index in [2.05, 4.69) is 16.9 Å². The highest BCUT2D eigenvalue weighted by Crippen LogP contribution is 2.28. The van der Waals surface area contributed by atoms with Crippen molar-refractivity contribution >= 4 is 23.8 Å². The van der Waals surface area contributed by atoms with E-state index in [0.717, 1.165) is 19.3 Å². The van der Waals surface area contributed by atoms with Crippen molar-refractivity contribution in [2.75, 3.05) is 6.26 Å². The number of nitrogens with one attached hydrogen (secondary N) is 2. The second-order valence-corrected chi connectivity index (χ2v) is 5.51. The predicted octanol–water partition coefficient (Wildman–Crippen LogP) is 1.43. The minimum atomic E-state index is -0.902. The second kappa shape index (κ2) is 6.74. The van der Waals surface area contributed by atoms with Crippen LogP contribution < -0.4 is 10.6 Å². The normalized spacial score (nSPS) is 25.3. The summed E-state index contributed by atoms with van der Waals surface area (Å²) in [5, 5.41) is 14.6. The van der Waals surface area contributed by atoms with E-state index in [9.17, 15) is 9.59 Å². The molecule has 1 aliphatic rings. The lowest BCUT2D eigenvalue weighted by Crippen LogP contribution is -2.47. The second-order valence-electron chi connectivity index (χ2n) is 4.43. The molecule has 1 saturated carbocycles. The molecule has 2 amide bonds. The van der Waals surface area contributed by atoms with Crippen LogP contribution in [-0.2, 0) is 4.79 Å². The van der Waals surface area contributed by atoms with Crippen LogP contribution in [0, 0.1) is 0 Å². The molecule has 6 heteroatoms. The van der Waals surface area contributed by atoms with Gasteiger partial charge in [-0.3, -0.25) is 4.79 Å². The number of carbonyl (C=O) groups is 2. The van der Waals surface area contributed by atoms with Gasteiger partial charge in [0.15, 0.2) is 0 Å². The number of urea groups is 1. The number of amides is 2. The van der Waals surface area contributed by atoms with Crippen molar-refractivity contribution < 1.29 is 14.7 Å². The van der Waals surface area contributed by atoms with Gasteiger partial charge in [-0.2, -0.15) is 11.8 Å². The molecule has 0 saturated heterocycles. The third-order valence-electron chi connectivity index (χ3n) is 2.93. The largest absolute Gasteiger partial charge is 0.481 e. The monoisotopic (exact) mass is 260 g/mol. The number of hydrogen-bond acceptors (Lipinski definition) is 3. The smallest absolute Gasteiger partial charge is 0.315 e. The Bertz CT molecular complexity index is 286. The van der Waals surface area contributed by atoms with E-state index in [1.54, 1.807) is 18.7 Å². The zero-order chi connectivity index (χ0) is 12.8. The van der Waals surface area contributed by atoms with Gasteiger partial charge in [0.1, 0.15) is 0 Å². The molecule has 0 aliphatic heterocycles. The third kappa shape index (κ3) is 4.85. The van der Waals surface area contributed by atoms with Crippen LogP contribution in [0.3, 0.4) is 0 Å². The summed E-state index contributed by atoms with van der Waals surface area (Å²) in [4.78, 5) is 22.1. The van der Waals surface area contributed by atoms with Crippen molar-refractivity contribution in [3.05, 3.63) is 0 Å². The first-order valence-corrected chi connectivity index (χ1v) is 7.13. The highest BCUT2D eigenvalue weighted by Gasteiger charge is 2.27. The highest BCUT2D eigenvalue weighted by atomic mass is 32.2. The van der Waals surface area contributed by atoms with Gasteiger partial charge in [0.2, 0.25) is 0 Å². The van der Waals surface area contributed by atoms with Gasteiger partial charge in [-0.1, -0.05) is 6.42 Å². The van der Waals surface area contributed by atoms with Crippen molar-refractivity contribution in [2.45, 2.75) is 49.9 Å². The van der Waals surface area contributed by atoms with Gasteiger partial charge in [-0.15, -0.1) is 0 Å². The molecule has 0 aromatic heterocycles. The van der Waals surface area contributed by atoms with Crippen molar-refractivity contribution in [3.63, 3.8) is 0 Å². The molecule has 1 fully saturated rings. The zero-order valence-corrected chi connectivity index (χ0v) is 11.0. The molecule has 0 spiro atoms. The summed E-state index contributed by atoms with van der Waals surface area (Å²) in [6, 6.07) is -0.395. The molecule has 0 radical (unpaired) electrons. The van der Waals surface area contributed by atoms with Gasteiger partial charge in [-0.25, -0.2) is 4.79 Å². The van der Waals surface area contributed by atoms with Gasteiger partial charge in [0.25, 0.3) is 0 Å². The van der Waals surface area contributed by atoms with Crippen LogP contribution in [0.1, 0.15) is 32.6 Å². The average molecular weight is 260 g/mol. The van der Waals surface area contributed by atoms with Gasteiger partial charge in [0, 0.05) is 17.3 Å². The van der Waals surface area contributed by atoms with E-state index in [1.165, 1.54) is 0 Å². The predicted molar refractivity (Wildman–Crippen MR) is 68.3 cm³/mol. The Balaban J connectivity index is 2.31. The van der Waals surface area contributed by atoms with Crippen LogP contribution in [0.15, 0.2) is 0 Å². The highest BCUT2D eigenvalue weighted by molar-refractivity contribution is 7.99. The van der Waals surface area contributed by atoms with Crippen molar-refractivity contribution in [3.8, 4) is 0 Å². The average Bonchev–Trinajstić information content (AvgIpc) is 2.63. The summed E-state index contributed by atoms with van der Waals surface area (Å²) >= 11 is 1.78. The Morgan fingerprint density at radius 3 is 2.76 bits per heavy atom. The first-order chi connectivity index (χ1) is 8.02. The van der Waals surface area contributed by atoms with Crippen LogP contribution in [0.5, 0.6) is 0 Å². The van der Waals surface area contributed by atoms with Crippen molar-refractivity contribution in [1.29, 1.82) is 0 Å². The number of aliphatic carboxylic acids is 1. The Kier molecular flexibility index (Phi) is 5.61. The topological polar surface area (TPSA) is 78.4 Å². The molecule has 1 aliphatic carbocycles. The summed E-state index contributed by atoms with van der Waals surface area (Å²) in [6.07, 6.45) is 5.28. The van der Waals surface area contributed by atoms with E-state index in [-0.39, 0.29) is 24.5 Å². The molecule has 1 rings (SSSR count). The minimum absolute atomic E-state index is 0.0515. The molecule has 3 unspecified atom stereocenters. The molecule has 0 aromatic carbocycles. The number of thioether (sulfide) groups is 1. The zero-order valence-electron chi connectivity index (χ0n) is 10.2. The Morgan fingerprint density at radius 1 is 1.47 bits per heavy atom. The molecule has 98 valence electrons. The number of carboxylic acid groups (broad SMARTS) is 1. The summed E-state index contributed by atoms with van der Waals surface area (Å²) in [6.45, 7) is 1.69. The summed E-state index contributed by atoms with van der Waals surface area (Å²) in [5.74, 6) is -0.902. The third-order valence-corrected chi connectivity index (χ3v) is 4.10. The van der Waals surface area contributed by atoms with E-state index < -0.39 is 5.97 Å². The Labute approximate surface area is 106 Å². The van der Waals surface area contributed by atoms with Crippen LogP contribution in [0.25, 0.3) is 0 Å². The number of rotatable bonds is 5. The molecule has 0 bridgehead atoms. The van der Waals surface area contributed by atoms with Gasteiger partial charge in [-0.05, 0) is 26.0 Å². The Hall–Kier alpha value is -0.910. The molecular weight excluding hydrogens is 240 g/mol. The molecule has 3 N–H and O–H groups in total. The quantitative estimate of drug-likeness (QED) is 0.699. The molecule has 3 atom stereocenters. The standard InChI is InChI=1S/C11H20N2O3S/c1-7(6-10(14)15)12-11(16)13-8-4-3-5-9(8)17-2/h7-9H,3-6H2,1-2H3,(H,14,15)(H2,12,13,16). The fourth-order valence-corrected chi connectivity index (χ4v) is 3.06. The van der Waals surface area contributed by atoms with Crippen molar-refractivity contribution in [1.82, 2.24) is 10.6 Å². The number of hydrogen-bond donors (Lipinski definition) is 3. The van der Waals surface area contributed by atoms with E-state index in [0.29, 0.717) is 5.25 Å². The summed E-state index contributed by atoms with van der Waals surface area (Å²) in [7, 11) is 0. The number of carbonyl (C=O) groups excluding carboxylic acids is 1. The van der Waals surface area contributed by atoms with Gasteiger partial charge >= 0.3 is 12.0 Å². The summed E-state index contributed by atoms with van der Waals surface area (Å²) in [5.41, 5.74) is 0. The van der Waals surface area contributed by atoms with Gasteiger partial charge < -0.3 is 15.7 Å². The maximum Gasteiger partial charge on any atom is 0.315 e. The molecule has 0 aromatic rings. The molecular formula is C11H20N2O3S. The SMILES string of the molecule is CSC1CCCC1NC(=O)NC(C)CC(=O)O. The maximum atomic E-state index is 11.6. The summed E-state index contributed by atoms with van der Waals surface area (Å²) < 4.78 is 0. The van der Waals surface area contributed by atoms with E-state index in [1.807, 2.05) is 0 Å². The fourth-order valence-electron chi connectivity index (χ4n) is 2.12. The van der Waals surface area contributed by atoms with Crippen LogP contribution in [-0.4, -0.2) is 40.7 Å². The van der Waals surface area contributed by atoms with Crippen LogP contribution in [0.2, 0.25) is 0 Å². The molecule has 17 heavy (non-hydrogen) atoms. The lowest BCUT2D eigenvalue weighted by atomic mass is 10.2. The lowest BCUT2D eigenvalue weighted by molar-refractivity contribution is -0.137. The molecule has 5 nitrogen and oxygen atoms in total. The lowest BCUT2D eigenvalue weighted by Gasteiger charge is -2.21. The molecule has 0 heterocycles. The van der Waals surface area contributed by atoms with E-state index in [4.69, 9.17) is 5.11 Å². The van der Waals surface area contributed by atoms with Crippen LogP contribution >= 0.6 is 11.8 Å². The minimum Gasteiger partial charge on any atom is -0.481 e. The fraction of sp³-hybridized carbons (Fsp3) is 0.818. The maximum absolute atomic E-state index is 11.6. The number of carboxylic acids is 1. The first-order valence-electron chi connectivity index (χ1n) is 5.84. The Morgan fingerprint density at radius 2 is 2.18 bits per heavy atom. The van der Waals surface area contributed by atoms with Crippen LogP contribution in [0.4, 0.5) is 4.79 Å². The van der Waals surface area contributed by atoms with E-state index >= 15 is 0 Å². The van der Waals surface area contributed by atoms with Gasteiger partial charge in [0.05, 0.1) is 6.42 Å². The van der Waals surface area contributed by atoms with Crippen molar-refractivity contribution in [2.24, 2.45) is 0 Å².